The summed E-state index contributed by atoms with van der Waals surface area (Å²) in [5.74, 6) is 0.541. The molecular formula is C19H14ClN3OS. The highest BCUT2D eigenvalue weighted by Crippen LogP contribution is 2.24. The second-order valence-corrected chi connectivity index (χ2v) is 6.70. The number of aromatic nitrogens is 2. The van der Waals surface area contributed by atoms with Crippen LogP contribution in [0.15, 0.2) is 65.1 Å². The first-order valence-electron chi connectivity index (χ1n) is 7.56. The minimum Gasteiger partial charge on any atom is -0.283 e. The smallest absolute Gasteiger partial charge is 0.262 e. The van der Waals surface area contributed by atoms with Gasteiger partial charge in [-0.2, -0.15) is 5.26 Å². The fourth-order valence-electron chi connectivity index (χ4n) is 2.47. The standard InChI is InChI=1S/C19H14ClN3OS/c1-2-9-23-18(24)16-8-7-15(20)10-17(16)22-19(23)25-12-14-6-4-3-5-13(14)11-21/h2-8,10H,1,9,12H2. The Morgan fingerprint density at radius 1 is 1.32 bits per heavy atom. The lowest BCUT2D eigenvalue weighted by Gasteiger charge is -2.12. The van der Waals surface area contributed by atoms with Gasteiger partial charge >= 0.3 is 0 Å². The zero-order valence-corrected chi connectivity index (χ0v) is 14.8. The average molecular weight is 368 g/mol. The third-order valence-electron chi connectivity index (χ3n) is 3.69. The van der Waals surface area contributed by atoms with Gasteiger partial charge < -0.3 is 0 Å². The molecule has 0 unspecified atom stereocenters. The molecule has 0 aliphatic rings. The van der Waals surface area contributed by atoms with Crippen LogP contribution < -0.4 is 5.56 Å². The van der Waals surface area contributed by atoms with E-state index in [0.717, 1.165) is 5.56 Å². The second kappa shape index (κ2) is 7.56. The third kappa shape index (κ3) is 3.60. The summed E-state index contributed by atoms with van der Waals surface area (Å²) in [6.07, 6.45) is 1.66. The molecule has 0 fully saturated rings. The van der Waals surface area contributed by atoms with E-state index < -0.39 is 0 Å². The number of allylic oxidation sites excluding steroid dienone is 1. The molecule has 0 saturated carbocycles. The first-order valence-corrected chi connectivity index (χ1v) is 8.92. The van der Waals surface area contributed by atoms with Crippen molar-refractivity contribution >= 4 is 34.3 Å². The molecule has 1 aromatic heterocycles. The van der Waals surface area contributed by atoms with Crippen LogP contribution in [-0.2, 0) is 12.3 Å². The van der Waals surface area contributed by atoms with Crippen LogP contribution >= 0.6 is 23.4 Å². The van der Waals surface area contributed by atoms with Crippen LogP contribution in [0.3, 0.4) is 0 Å². The lowest BCUT2D eigenvalue weighted by atomic mass is 10.1. The molecule has 1 heterocycles. The van der Waals surface area contributed by atoms with E-state index in [1.165, 1.54) is 11.8 Å². The lowest BCUT2D eigenvalue weighted by Crippen LogP contribution is -2.22. The fraction of sp³-hybridized carbons (Fsp3) is 0.105. The van der Waals surface area contributed by atoms with Crippen molar-refractivity contribution in [3.8, 4) is 6.07 Å². The van der Waals surface area contributed by atoms with E-state index in [2.05, 4.69) is 17.6 Å². The van der Waals surface area contributed by atoms with Crippen LogP contribution in [0.1, 0.15) is 11.1 Å². The summed E-state index contributed by atoms with van der Waals surface area (Å²) in [5.41, 5.74) is 1.96. The minimum atomic E-state index is -0.127. The van der Waals surface area contributed by atoms with Gasteiger partial charge in [0, 0.05) is 17.3 Å². The molecule has 25 heavy (non-hydrogen) atoms. The zero-order valence-electron chi connectivity index (χ0n) is 13.3. The molecule has 4 nitrogen and oxygen atoms in total. The van der Waals surface area contributed by atoms with Crippen molar-refractivity contribution in [1.29, 1.82) is 5.26 Å². The van der Waals surface area contributed by atoms with Gasteiger partial charge in [-0.15, -0.1) is 6.58 Å². The Kier molecular flexibility index (Phi) is 5.22. The van der Waals surface area contributed by atoms with E-state index in [1.54, 1.807) is 34.9 Å². The molecule has 0 amide bonds. The highest BCUT2D eigenvalue weighted by atomic mass is 35.5. The largest absolute Gasteiger partial charge is 0.283 e. The Balaban J connectivity index is 2.05. The van der Waals surface area contributed by atoms with E-state index >= 15 is 0 Å². The molecule has 3 aromatic rings. The van der Waals surface area contributed by atoms with Gasteiger partial charge in [0.2, 0.25) is 0 Å². The number of benzene rings is 2. The lowest BCUT2D eigenvalue weighted by molar-refractivity contribution is 0.671. The molecule has 0 bridgehead atoms. The van der Waals surface area contributed by atoms with Crippen molar-refractivity contribution in [2.45, 2.75) is 17.5 Å². The molecular weight excluding hydrogens is 354 g/mol. The molecule has 2 aromatic carbocycles. The van der Waals surface area contributed by atoms with Crippen molar-refractivity contribution in [2.24, 2.45) is 0 Å². The summed E-state index contributed by atoms with van der Waals surface area (Å²) in [6, 6.07) is 14.6. The van der Waals surface area contributed by atoms with E-state index in [4.69, 9.17) is 11.6 Å². The Bertz CT molecular complexity index is 1050. The van der Waals surface area contributed by atoms with Crippen LogP contribution in [0.2, 0.25) is 5.02 Å². The molecule has 0 spiro atoms. The molecule has 0 atom stereocenters. The maximum Gasteiger partial charge on any atom is 0.262 e. The van der Waals surface area contributed by atoms with E-state index in [-0.39, 0.29) is 5.56 Å². The highest BCUT2D eigenvalue weighted by molar-refractivity contribution is 7.98. The predicted molar refractivity (Wildman–Crippen MR) is 102 cm³/mol. The fourth-order valence-corrected chi connectivity index (χ4v) is 3.65. The van der Waals surface area contributed by atoms with Gasteiger partial charge in [-0.3, -0.25) is 9.36 Å². The van der Waals surface area contributed by atoms with Crippen molar-refractivity contribution in [3.63, 3.8) is 0 Å². The maximum atomic E-state index is 12.8. The number of rotatable bonds is 5. The van der Waals surface area contributed by atoms with Gasteiger partial charge in [0.05, 0.1) is 22.5 Å². The summed E-state index contributed by atoms with van der Waals surface area (Å²) in [4.78, 5) is 17.3. The van der Waals surface area contributed by atoms with Crippen LogP contribution in [0, 0.1) is 11.3 Å². The Labute approximate surface area is 154 Å². The molecule has 6 heteroatoms. The van der Waals surface area contributed by atoms with E-state index in [9.17, 15) is 10.1 Å². The summed E-state index contributed by atoms with van der Waals surface area (Å²) >= 11 is 7.44. The highest BCUT2D eigenvalue weighted by Gasteiger charge is 2.12. The van der Waals surface area contributed by atoms with Gasteiger partial charge in [-0.1, -0.05) is 47.6 Å². The number of nitrogens with zero attached hydrogens (tertiary/aromatic N) is 3. The second-order valence-electron chi connectivity index (χ2n) is 5.32. The molecule has 0 saturated heterocycles. The van der Waals surface area contributed by atoms with E-state index in [0.29, 0.717) is 38.9 Å². The topological polar surface area (TPSA) is 58.7 Å². The Hall–Kier alpha value is -2.55. The number of thioether (sulfide) groups is 1. The van der Waals surface area contributed by atoms with E-state index in [1.807, 2.05) is 18.2 Å². The Morgan fingerprint density at radius 2 is 2.12 bits per heavy atom. The van der Waals surface area contributed by atoms with Crippen LogP contribution in [0.5, 0.6) is 0 Å². The maximum absolute atomic E-state index is 12.8. The molecule has 0 radical (unpaired) electrons. The summed E-state index contributed by atoms with van der Waals surface area (Å²) in [6.45, 7) is 4.08. The van der Waals surface area contributed by atoms with Gasteiger partial charge in [0.15, 0.2) is 5.16 Å². The minimum absolute atomic E-state index is 0.127. The van der Waals surface area contributed by atoms with Crippen LogP contribution in [-0.4, -0.2) is 9.55 Å². The number of halogens is 1. The molecule has 0 aliphatic carbocycles. The van der Waals surface area contributed by atoms with Crippen LogP contribution in [0.25, 0.3) is 10.9 Å². The number of nitriles is 1. The van der Waals surface area contributed by atoms with Gasteiger partial charge in [0.25, 0.3) is 5.56 Å². The van der Waals surface area contributed by atoms with Crippen molar-refractivity contribution in [3.05, 3.63) is 81.6 Å². The van der Waals surface area contributed by atoms with Crippen molar-refractivity contribution in [1.82, 2.24) is 9.55 Å². The zero-order chi connectivity index (χ0) is 17.8. The first-order chi connectivity index (χ1) is 12.1. The summed E-state index contributed by atoms with van der Waals surface area (Å²) < 4.78 is 1.59. The molecule has 124 valence electrons. The quantitative estimate of drug-likeness (QED) is 0.381. The number of fused-ring (bicyclic) bond motifs is 1. The van der Waals surface area contributed by atoms with Crippen LogP contribution in [0.4, 0.5) is 0 Å². The Morgan fingerprint density at radius 3 is 2.88 bits per heavy atom. The monoisotopic (exact) mass is 367 g/mol. The van der Waals surface area contributed by atoms with Gasteiger partial charge in [-0.25, -0.2) is 4.98 Å². The molecule has 0 N–H and O–H groups in total. The summed E-state index contributed by atoms with van der Waals surface area (Å²) in [5, 5.41) is 10.8. The summed E-state index contributed by atoms with van der Waals surface area (Å²) in [7, 11) is 0. The SMILES string of the molecule is C=CCn1c(SCc2ccccc2C#N)nc2cc(Cl)ccc2c1=O. The molecule has 3 rings (SSSR count). The van der Waals surface area contributed by atoms with Crippen molar-refractivity contribution < 1.29 is 0 Å². The van der Waals surface area contributed by atoms with Crippen molar-refractivity contribution in [2.75, 3.05) is 0 Å². The third-order valence-corrected chi connectivity index (χ3v) is 4.95. The van der Waals surface area contributed by atoms with Gasteiger partial charge in [-0.05, 0) is 29.8 Å². The first kappa shape index (κ1) is 17.3. The molecule has 0 aliphatic heterocycles. The number of hydrogen-bond donors (Lipinski definition) is 0. The predicted octanol–water partition coefficient (Wildman–Crippen LogP) is 4.40. The average Bonchev–Trinajstić information content (AvgIpc) is 2.62. The van der Waals surface area contributed by atoms with Gasteiger partial charge in [0.1, 0.15) is 0 Å². The number of hydrogen-bond acceptors (Lipinski definition) is 4. The normalized spacial score (nSPS) is 10.6.